The van der Waals surface area contributed by atoms with Gasteiger partial charge in [-0.05, 0) is 48.5 Å². The summed E-state index contributed by atoms with van der Waals surface area (Å²) in [7, 11) is 0. The third-order valence-corrected chi connectivity index (χ3v) is 4.74. The average Bonchev–Trinajstić information content (AvgIpc) is 2.85. The summed E-state index contributed by atoms with van der Waals surface area (Å²) in [5, 5.41) is 37.7. The van der Waals surface area contributed by atoms with Crippen LogP contribution in [0.25, 0.3) is 0 Å². The summed E-state index contributed by atoms with van der Waals surface area (Å²) >= 11 is 0. The summed E-state index contributed by atoms with van der Waals surface area (Å²) in [6.45, 7) is -1.18. The highest BCUT2D eigenvalue weighted by Crippen LogP contribution is 2.37. The van der Waals surface area contributed by atoms with Gasteiger partial charge in [0.2, 0.25) is 11.6 Å². The Morgan fingerprint density at radius 2 is 0.971 bits per heavy atom. The second-order valence-corrected chi connectivity index (χ2v) is 6.44. The first-order valence-electron chi connectivity index (χ1n) is 8.95. The number of carboxylic acids is 2. The maximum Gasteiger partial charge on any atom is 0.362 e. The zero-order valence-corrected chi connectivity index (χ0v) is 16.8. The van der Waals surface area contributed by atoms with Crippen molar-refractivity contribution in [2.24, 2.45) is 0 Å². The van der Waals surface area contributed by atoms with Gasteiger partial charge in [-0.25, -0.2) is 9.59 Å². The molecule has 2 aromatic carbocycles. The van der Waals surface area contributed by atoms with Crippen LogP contribution in [0.5, 0.6) is 0 Å². The van der Waals surface area contributed by atoms with Gasteiger partial charge in [-0.1, -0.05) is 0 Å². The Morgan fingerprint density at radius 1 is 0.676 bits per heavy atom. The van der Waals surface area contributed by atoms with Gasteiger partial charge in [0.15, 0.2) is 0 Å². The molecule has 0 aliphatic rings. The number of Topliss-reactive ketones (excluding diaryl/α,β-unsaturated/α-hetero) is 2. The number of hydrogen-bond donors (Lipinski definition) is 2. The van der Waals surface area contributed by atoms with Gasteiger partial charge in [0, 0.05) is 11.1 Å². The summed E-state index contributed by atoms with van der Waals surface area (Å²) in [4.78, 5) is 74.1. The molecular weight excluding hydrogens is 452 g/mol. The summed E-state index contributed by atoms with van der Waals surface area (Å²) in [6, 6.07) is 11.5. The molecule has 2 rings (SSSR count). The van der Waals surface area contributed by atoms with Crippen molar-refractivity contribution in [2.45, 2.75) is 11.2 Å². The lowest BCUT2D eigenvalue weighted by Gasteiger charge is -2.38. The van der Waals surface area contributed by atoms with Crippen molar-refractivity contribution in [3.8, 4) is 12.1 Å². The Hall–Kier alpha value is -5.36. The number of carbonyl (C=O) groups excluding carboxylic acids is 4. The van der Waals surface area contributed by atoms with Crippen LogP contribution < -0.4 is 0 Å². The molecule has 0 aromatic heterocycles. The van der Waals surface area contributed by atoms with Crippen molar-refractivity contribution in [2.75, 3.05) is 0 Å². The summed E-state index contributed by atoms with van der Waals surface area (Å²) in [6.07, 6.45) is 0. The van der Waals surface area contributed by atoms with Crippen LogP contribution >= 0.6 is 0 Å². The van der Waals surface area contributed by atoms with Gasteiger partial charge >= 0.3 is 23.1 Å². The fourth-order valence-corrected chi connectivity index (χ4v) is 3.13. The summed E-state index contributed by atoms with van der Waals surface area (Å²) in [5.41, 5.74) is -8.96. The lowest BCUT2D eigenvalue weighted by molar-refractivity contribution is -0.201. The zero-order valence-electron chi connectivity index (χ0n) is 16.8. The average molecular weight is 464 g/mol. The van der Waals surface area contributed by atoms with E-state index in [1.165, 1.54) is 0 Å². The highest BCUT2D eigenvalue weighted by Gasteiger charge is 2.75. The molecule has 0 saturated carbocycles. The molecule has 12 nitrogen and oxygen atoms in total. The molecular formula is C22H12N2O10. The molecule has 2 unspecified atom stereocenters. The minimum absolute atomic E-state index is 0.0380. The lowest BCUT2D eigenvalue weighted by atomic mass is 9.72. The van der Waals surface area contributed by atoms with Crippen LogP contribution in [-0.2, 0) is 28.7 Å². The number of carbonyl (C=O) groups is 6. The lowest BCUT2D eigenvalue weighted by Crippen LogP contribution is -2.73. The predicted molar refractivity (Wildman–Crippen MR) is 106 cm³/mol. The van der Waals surface area contributed by atoms with E-state index in [9.17, 15) is 39.0 Å². The molecule has 0 amide bonds. The molecule has 0 radical (unpaired) electrons. The molecule has 0 spiro atoms. The van der Waals surface area contributed by atoms with Crippen molar-refractivity contribution in [1.82, 2.24) is 0 Å². The fourth-order valence-electron chi connectivity index (χ4n) is 3.13. The fraction of sp³-hybridized carbons (Fsp3) is 0.0909. The molecule has 0 fully saturated rings. The number of ether oxygens (including phenoxy) is 2. The Balaban J connectivity index is 2.93. The van der Waals surface area contributed by atoms with Crippen LogP contribution in [0.1, 0.15) is 31.8 Å². The third-order valence-electron chi connectivity index (χ3n) is 4.74. The molecule has 12 heteroatoms. The van der Waals surface area contributed by atoms with E-state index in [-0.39, 0.29) is 11.1 Å². The molecule has 0 heterocycles. The molecule has 0 aliphatic carbocycles. The van der Waals surface area contributed by atoms with Gasteiger partial charge in [0.1, 0.15) is 0 Å². The quantitative estimate of drug-likeness (QED) is 0.264. The minimum Gasteiger partial charge on any atom is -0.478 e. The van der Waals surface area contributed by atoms with Gasteiger partial charge in [-0.3, -0.25) is 19.2 Å². The van der Waals surface area contributed by atoms with E-state index in [1.54, 1.807) is 12.1 Å². The number of hydrogen-bond acceptors (Lipinski definition) is 10. The van der Waals surface area contributed by atoms with E-state index in [0.29, 0.717) is 0 Å². The predicted octanol–water partition coefficient (Wildman–Crippen LogP) is 0.488. The van der Waals surface area contributed by atoms with Crippen LogP contribution in [0.4, 0.5) is 0 Å². The van der Waals surface area contributed by atoms with E-state index in [2.05, 4.69) is 9.47 Å². The first-order chi connectivity index (χ1) is 16.2. The number of ketones is 2. The molecule has 2 atom stereocenters. The summed E-state index contributed by atoms with van der Waals surface area (Å²) in [5.74, 6) is -8.38. The molecule has 0 bridgehead atoms. The van der Waals surface area contributed by atoms with E-state index in [0.717, 1.165) is 48.5 Å². The number of rotatable bonds is 11. The molecule has 2 aromatic rings. The van der Waals surface area contributed by atoms with Crippen molar-refractivity contribution in [3.05, 3.63) is 70.8 Å². The molecule has 0 aliphatic heterocycles. The van der Waals surface area contributed by atoms with Crippen LogP contribution in [-0.4, -0.2) is 57.9 Å². The van der Waals surface area contributed by atoms with Crippen molar-refractivity contribution in [1.29, 1.82) is 10.5 Å². The van der Waals surface area contributed by atoms with Crippen LogP contribution in [0, 0.1) is 22.7 Å². The Kier molecular flexibility index (Phi) is 7.21. The van der Waals surface area contributed by atoms with Crippen molar-refractivity contribution >= 4 is 36.4 Å². The monoisotopic (exact) mass is 464 g/mol. The first kappa shape index (κ1) is 24.9. The zero-order chi connectivity index (χ0) is 25.5. The first-order valence-corrected chi connectivity index (χ1v) is 8.95. The van der Waals surface area contributed by atoms with Gasteiger partial charge in [-0.2, -0.15) is 10.5 Å². The second kappa shape index (κ2) is 9.84. The van der Waals surface area contributed by atoms with Crippen LogP contribution in [0.2, 0.25) is 0 Å². The van der Waals surface area contributed by atoms with E-state index >= 15 is 0 Å². The largest absolute Gasteiger partial charge is 0.478 e. The third kappa shape index (κ3) is 3.83. The number of benzene rings is 2. The molecule has 2 N–H and O–H groups in total. The Labute approximate surface area is 190 Å². The van der Waals surface area contributed by atoms with Gasteiger partial charge in [0.05, 0.1) is 23.3 Å². The van der Waals surface area contributed by atoms with E-state index in [4.69, 9.17) is 10.5 Å². The van der Waals surface area contributed by atoms with Gasteiger partial charge in [-0.15, -0.1) is 0 Å². The Morgan fingerprint density at radius 3 is 1.18 bits per heavy atom. The maximum atomic E-state index is 13.4. The number of nitriles is 2. The molecule has 170 valence electrons. The van der Waals surface area contributed by atoms with Gasteiger partial charge in [0.25, 0.3) is 12.9 Å². The summed E-state index contributed by atoms with van der Waals surface area (Å²) < 4.78 is 9.00. The minimum atomic E-state index is -3.93. The Bertz CT molecular complexity index is 1160. The molecule has 34 heavy (non-hydrogen) atoms. The maximum absolute atomic E-state index is 13.4. The number of nitrogens with zero attached hydrogens (tertiary/aromatic N) is 2. The van der Waals surface area contributed by atoms with E-state index < -0.39 is 58.8 Å². The standard InChI is InChI=1S/C22H12N2O10/c23-9-13-1-5-15(6-2-13)17(27)21(19(29)30,33-11-25)22(20(31)32,34-12-26)18(28)16-7-3-14(10-24)4-8-16/h1-8,11-12H,(H,29,30)(H,31,32). The van der Waals surface area contributed by atoms with Crippen LogP contribution in [0.3, 0.4) is 0 Å². The van der Waals surface area contributed by atoms with E-state index in [1.807, 2.05) is 0 Å². The number of carboxylic acid groups (broad SMARTS) is 2. The topological polar surface area (TPSA) is 209 Å². The highest BCUT2D eigenvalue weighted by molar-refractivity contribution is 6.29. The second-order valence-electron chi connectivity index (χ2n) is 6.44. The highest BCUT2D eigenvalue weighted by atomic mass is 16.6. The smallest absolute Gasteiger partial charge is 0.362 e. The van der Waals surface area contributed by atoms with Crippen molar-refractivity contribution in [3.63, 3.8) is 0 Å². The SMILES string of the molecule is N#Cc1ccc(C(=O)C(OC=O)(C(=O)O)C(OC=O)(C(=O)O)C(=O)c2ccc(C#N)cc2)cc1. The molecule has 0 saturated heterocycles. The number of aliphatic carboxylic acids is 2. The van der Waals surface area contributed by atoms with Crippen LogP contribution in [0.15, 0.2) is 48.5 Å². The van der Waals surface area contributed by atoms with Crippen molar-refractivity contribution < 1.29 is 48.5 Å². The van der Waals surface area contributed by atoms with Gasteiger partial charge < -0.3 is 19.7 Å². The normalized spacial score (nSPS) is 13.5.